The molecule has 6 nitrogen and oxygen atoms in total. The van der Waals surface area contributed by atoms with E-state index in [1.807, 2.05) is 0 Å². The zero-order valence-corrected chi connectivity index (χ0v) is 10.4. The van der Waals surface area contributed by atoms with E-state index in [9.17, 15) is 9.59 Å². The van der Waals surface area contributed by atoms with Gasteiger partial charge in [0.15, 0.2) is 12.4 Å². The zero-order valence-electron chi connectivity index (χ0n) is 10.4. The van der Waals surface area contributed by atoms with E-state index in [-0.39, 0.29) is 18.4 Å². The van der Waals surface area contributed by atoms with Crippen LogP contribution in [0.2, 0.25) is 0 Å². The maximum Gasteiger partial charge on any atom is 0.262 e. The molecule has 0 atom stereocenters. The van der Waals surface area contributed by atoms with Crippen molar-refractivity contribution < 1.29 is 14.3 Å². The monoisotopic (exact) mass is 269 g/mol. The lowest BCUT2D eigenvalue weighted by molar-refractivity contribution is -0.118. The molecule has 1 aliphatic heterocycles. The average molecular weight is 269 g/mol. The number of nitrogens with one attached hydrogen (secondary N) is 2. The van der Waals surface area contributed by atoms with Crippen molar-refractivity contribution in [2.75, 3.05) is 17.2 Å². The van der Waals surface area contributed by atoms with E-state index < -0.39 is 0 Å². The first-order valence-corrected chi connectivity index (χ1v) is 6.01. The molecule has 20 heavy (non-hydrogen) atoms. The molecule has 100 valence electrons. The van der Waals surface area contributed by atoms with E-state index in [0.717, 1.165) is 0 Å². The Balaban J connectivity index is 1.89. The summed E-state index contributed by atoms with van der Waals surface area (Å²) < 4.78 is 5.34. The third kappa shape index (κ3) is 2.31. The van der Waals surface area contributed by atoms with Crippen LogP contribution in [0.1, 0.15) is 10.4 Å². The lowest BCUT2D eigenvalue weighted by atomic mass is 10.1. The number of fused-ring (bicyclic) bond motifs is 1. The summed E-state index contributed by atoms with van der Waals surface area (Å²) in [6, 6.07) is 8.41. The Hall–Kier alpha value is -2.89. The normalized spacial score (nSPS) is 12.9. The molecule has 0 bridgehead atoms. The number of nitrogens with zero attached hydrogens (tertiary/aromatic N) is 1. The number of aromatic nitrogens is 1. The first-order valence-electron chi connectivity index (χ1n) is 6.01. The molecule has 0 spiro atoms. The fraction of sp³-hybridized carbons (Fsp3) is 0.0714. The standard InChI is InChI=1S/C14H11N3O3/c18-12-8-20-13-10(2-1-3-11(13)17-12)14(19)16-9-4-6-15-7-5-9/h1-7H,8H2,(H,17,18)(H,15,16,19). The number of rotatable bonds is 2. The van der Waals surface area contributed by atoms with Crippen LogP contribution >= 0.6 is 0 Å². The molecule has 3 rings (SSSR count). The van der Waals surface area contributed by atoms with E-state index >= 15 is 0 Å². The quantitative estimate of drug-likeness (QED) is 0.869. The van der Waals surface area contributed by atoms with Crippen LogP contribution in [0.15, 0.2) is 42.7 Å². The van der Waals surface area contributed by atoms with Crippen molar-refractivity contribution in [2.45, 2.75) is 0 Å². The third-order valence-electron chi connectivity index (χ3n) is 2.82. The number of hydrogen-bond acceptors (Lipinski definition) is 4. The number of carbonyl (C=O) groups is 2. The van der Waals surface area contributed by atoms with E-state index in [1.165, 1.54) is 0 Å². The molecule has 0 saturated heterocycles. The minimum Gasteiger partial charge on any atom is -0.481 e. The Morgan fingerprint density at radius 3 is 2.85 bits per heavy atom. The molecule has 2 amide bonds. The number of hydrogen-bond donors (Lipinski definition) is 2. The summed E-state index contributed by atoms with van der Waals surface area (Å²) in [5.74, 6) is -0.146. The highest BCUT2D eigenvalue weighted by molar-refractivity contribution is 6.09. The van der Waals surface area contributed by atoms with Crippen molar-refractivity contribution in [3.05, 3.63) is 48.3 Å². The van der Waals surface area contributed by atoms with Gasteiger partial charge in [-0.3, -0.25) is 14.6 Å². The SMILES string of the molecule is O=C1COc2c(cccc2C(=O)Nc2ccncc2)N1. The van der Waals surface area contributed by atoms with Gasteiger partial charge in [0.1, 0.15) is 0 Å². The van der Waals surface area contributed by atoms with Gasteiger partial charge in [0.05, 0.1) is 11.3 Å². The van der Waals surface area contributed by atoms with Gasteiger partial charge in [0, 0.05) is 18.1 Å². The van der Waals surface area contributed by atoms with Crippen molar-refractivity contribution in [1.29, 1.82) is 0 Å². The fourth-order valence-electron chi connectivity index (χ4n) is 1.93. The van der Waals surface area contributed by atoms with Gasteiger partial charge < -0.3 is 15.4 Å². The molecule has 1 aromatic carbocycles. The summed E-state index contributed by atoms with van der Waals surface area (Å²) in [5.41, 5.74) is 1.52. The van der Waals surface area contributed by atoms with Crippen molar-refractivity contribution in [2.24, 2.45) is 0 Å². The van der Waals surface area contributed by atoms with Gasteiger partial charge in [0.25, 0.3) is 11.8 Å². The number of amides is 2. The topological polar surface area (TPSA) is 80.3 Å². The van der Waals surface area contributed by atoms with E-state index in [0.29, 0.717) is 22.7 Å². The van der Waals surface area contributed by atoms with Crippen molar-refractivity contribution in [3.8, 4) is 5.75 Å². The number of carbonyl (C=O) groups excluding carboxylic acids is 2. The van der Waals surface area contributed by atoms with Crippen LogP contribution in [-0.4, -0.2) is 23.4 Å². The summed E-state index contributed by atoms with van der Waals surface area (Å²) >= 11 is 0. The Morgan fingerprint density at radius 1 is 1.25 bits per heavy atom. The van der Waals surface area contributed by atoms with Gasteiger partial charge in [-0.05, 0) is 24.3 Å². The van der Waals surface area contributed by atoms with Crippen LogP contribution in [0.5, 0.6) is 5.75 Å². The highest BCUT2D eigenvalue weighted by atomic mass is 16.5. The van der Waals surface area contributed by atoms with Gasteiger partial charge in [-0.1, -0.05) is 6.07 Å². The summed E-state index contributed by atoms with van der Waals surface area (Å²) in [5, 5.41) is 5.41. The van der Waals surface area contributed by atoms with E-state index in [2.05, 4.69) is 15.6 Å². The van der Waals surface area contributed by atoms with Gasteiger partial charge >= 0.3 is 0 Å². The first kappa shape index (κ1) is 12.2. The van der Waals surface area contributed by atoms with Gasteiger partial charge in [-0.15, -0.1) is 0 Å². The zero-order chi connectivity index (χ0) is 13.9. The van der Waals surface area contributed by atoms with Crippen molar-refractivity contribution >= 4 is 23.2 Å². The predicted molar refractivity (Wildman–Crippen MR) is 72.8 cm³/mol. The van der Waals surface area contributed by atoms with Crippen LogP contribution in [-0.2, 0) is 4.79 Å². The lowest BCUT2D eigenvalue weighted by Gasteiger charge is -2.20. The Labute approximate surface area is 114 Å². The Kier molecular flexibility index (Phi) is 3.04. The largest absolute Gasteiger partial charge is 0.481 e. The molecule has 2 heterocycles. The number of anilines is 2. The van der Waals surface area contributed by atoms with Gasteiger partial charge in [0.2, 0.25) is 0 Å². The minimum atomic E-state index is -0.302. The van der Waals surface area contributed by atoms with Crippen molar-refractivity contribution in [1.82, 2.24) is 4.98 Å². The van der Waals surface area contributed by atoms with Crippen LogP contribution in [0, 0.1) is 0 Å². The minimum absolute atomic E-state index is 0.0907. The molecule has 0 fully saturated rings. The second kappa shape index (κ2) is 5.00. The first-order chi connectivity index (χ1) is 9.74. The highest BCUT2D eigenvalue weighted by Gasteiger charge is 2.22. The highest BCUT2D eigenvalue weighted by Crippen LogP contribution is 2.31. The molecule has 6 heteroatoms. The number of ether oxygens (including phenoxy) is 1. The maximum absolute atomic E-state index is 12.2. The van der Waals surface area contributed by atoms with E-state index in [1.54, 1.807) is 42.7 Å². The molecule has 0 radical (unpaired) electrons. The van der Waals surface area contributed by atoms with Crippen LogP contribution in [0.4, 0.5) is 11.4 Å². The van der Waals surface area contributed by atoms with Gasteiger partial charge in [-0.25, -0.2) is 0 Å². The molecule has 0 unspecified atom stereocenters. The lowest BCUT2D eigenvalue weighted by Crippen LogP contribution is -2.27. The average Bonchev–Trinajstić information content (AvgIpc) is 2.47. The van der Waals surface area contributed by atoms with Gasteiger partial charge in [-0.2, -0.15) is 0 Å². The van der Waals surface area contributed by atoms with E-state index in [4.69, 9.17) is 4.74 Å². The summed E-state index contributed by atoms with van der Waals surface area (Å²) in [6.07, 6.45) is 3.18. The predicted octanol–water partition coefficient (Wildman–Crippen LogP) is 1.66. The number of benzene rings is 1. The van der Waals surface area contributed by atoms with Crippen LogP contribution in [0.3, 0.4) is 0 Å². The molecule has 0 aliphatic carbocycles. The second-order valence-corrected chi connectivity index (χ2v) is 4.21. The fourth-order valence-corrected chi connectivity index (χ4v) is 1.93. The molecular formula is C14H11N3O3. The molecule has 1 aliphatic rings. The molecular weight excluding hydrogens is 258 g/mol. The van der Waals surface area contributed by atoms with Crippen LogP contribution < -0.4 is 15.4 Å². The maximum atomic E-state index is 12.2. The number of pyridine rings is 1. The Bertz CT molecular complexity index is 671. The Morgan fingerprint density at radius 2 is 2.05 bits per heavy atom. The van der Waals surface area contributed by atoms with Crippen molar-refractivity contribution in [3.63, 3.8) is 0 Å². The molecule has 1 aromatic heterocycles. The van der Waals surface area contributed by atoms with Crippen LogP contribution in [0.25, 0.3) is 0 Å². The second-order valence-electron chi connectivity index (χ2n) is 4.21. The molecule has 2 aromatic rings. The summed E-state index contributed by atoms with van der Waals surface area (Å²) in [7, 11) is 0. The summed E-state index contributed by atoms with van der Waals surface area (Å²) in [4.78, 5) is 27.4. The summed E-state index contributed by atoms with van der Waals surface area (Å²) in [6.45, 7) is -0.0907. The smallest absolute Gasteiger partial charge is 0.262 e. The molecule has 2 N–H and O–H groups in total. The number of para-hydroxylation sites is 1. The molecule has 0 saturated carbocycles. The third-order valence-corrected chi connectivity index (χ3v) is 2.82.